The summed E-state index contributed by atoms with van der Waals surface area (Å²) in [7, 11) is 1.37. The van der Waals surface area contributed by atoms with Crippen LogP contribution >= 0.6 is 23.2 Å². The molecule has 9 nitrogen and oxygen atoms in total. The molecule has 0 amide bonds. The van der Waals surface area contributed by atoms with E-state index in [1.165, 1.54) is 12.7 Å². The van der Waals surface area contributed by atoms with Gasteiger partial charge in [-0.2, -0.15) is 0 Å². The number of likely N-dealkylation sites (tertiary alicyclic amines) is 1. The standard InChI is InChI=1S/C32H30Cl2N4O5/c1-32(26-7-6-18(33)12-35-26)42-25-5-3-4-20(30(25)43-32)28-21-14-37(15-22(21)28)16-27-36-29-23(34)10-17(31(39)40-2)11-24(29)38(27)13-19-8-9-41-19/h3-7,10-12,19,21-22,28H,8-9,13-16H2,1-2H3/t19-,21-,22+,28+,32?/m0/s1. The van der Waals surface area contributed by atoms with Gasteiger partial charge in [-0.3, -0.25) is 9.88 Å². The highest BCUT2D eigenvalue weighted by Crippen LogP contribution is 2.62. The third kappa shape index (κ3) is 4.56. The molecule has 2 aromatic heterocycles. The van der Waals surface area contributed by atoms with Crippen molar-refractivity contribution in [1.82, 2.24) is 19.4 Å². The number of fused-ring (bicyclic) bond motifs is 3. The van der Waals surface area contributed by atoms with E-state index in [-0.39, 0.29) is 6.10 Å². The third-order valence-electron chi connectivity index (χ3n) is 9.28. The van der Waals surface area contributed by atoms with Gasteiger partial charge in [0.05, 0.1) is 47.4 Å². The molecule has 0 radical (unpaired) electrons. The number of carbonyl (C=O) groups excluding carboxylic acids is 1. The van der Waals surface area contributed by atoms with Gasteiger partial charge in [-0.15, -0.1) is 0 Å². The number of hydrogen-bond acceptors (Lipinski definition) is 8. The molecule has 43 heavy (non-hydrogen) atoms. The van der Waals surface area contributed by atoms with E-state index in [1.807, 2.05) is 31.2 Å². The summed E-state index contributed by atoms with van der Waals surface area (Å²) in [6.45, 7) is 5.94. The van der Waals surface area contributed by atoms with Crippen LogP contribution in [0, 0.1) is 11.8 Å². The van der Waals surface area contributed by atoms with Crippen LogP contribution < -0.4 is 9.47 Å². The maximum Gasteiger partial charge on any atom is 0.337 e. The van der Waals surface area contributed by atoms with Gasteiger partial charge in [0.2, 0.25) is 0 Å². The van der Waals surface area contributed by atoms with Crippen molar-refractivity contribution in [3.8, 4) is 11.5 Å². The summed E-state index contributed by atoms with van der Waals surface area (Å²) in [5, 5.41) is 1.01. The number of esters is 1. The minimum absolute atomic E-state index is 0.129. The van der Waals surface area contributed by atoms with E-state index >= 15 is 0 Å². The quantitative estimate of drug-likeness (QED) is 0.239. The molecule has 1 aliphatic carbocycles. The number of imidazole rings is 1. The van der Waals surface area contributed by atoms with Crippen LogP contribution in [0.3, 0.4) is 0 Å². The zero-order valence-electron chi connectivity index (χ0n) is 23.8. The number of methoxy groups -OCH3 is 1. The fraction of sp³-hybridized carbons (Fsp3) is 0.406. The maximum atomic E-state index is 12.3. The first-order valence-corrected chi connectivity index (χ1v) is 15.3. The summed E-state index contributed by atoms with van der Waals surface area (Å²) in [6, 6.07) is 13.3. The SMILES string of the molecule is COC(=O)c1cc(Cl)c2nc(CN3C[C@@H]4[C@H](C3)[C@H]4c3cccc4c3OC(C)(c3ccc(Cl)cn3)O4)n(C[C@@H]3CCO3)c2c1. The maximum absolute atomic E-state index is 12.3. The van der Waals surface area contributed by atoms with E-state index in [4.69, 9.17) is 47.1 Å². The lowest BCUT2D eigenvalue weighted by atomic mass is 10.0. The predicted molar refractivity (Wildman–Crippen MR) is 160 cm³/mol. The molecule has 5 heterocycles. The van der Waals surface area contributed by atoms with Gasteiger partial charge in [0.25, 0.3) is 5.79 Å². The Morgan fingerprint density at radius 2 is 1.95 bits per heavy atom. The van der Waals surface area contributed by atoms with Gasteiger partial charge in [0.1, 0.15) is 17.0 Å². The van der Waals surface area contributed by atoms with Gasteiger partial charge < -0.3 is 23.5 Å². The van der Waals surface area contributed by atoms with Crippen molar-refractivity contribution in [2.24, 2.45) is 11.8 Å². The van der Waals surface area contributed by atoms with E-state index in [0.717, 1.165) is 49.0 Å². The van der Waals surface area contributed by atoms with Gasteiger partial charge >= 0.3 is 5.97 Å². The van der Waals surface area contributed by atoms with Crippen molar-refractivity contribution in [2.45, 2.75) is 44.2 Å². The number of benzene rings is 2. The van der Waals surface area contributed by atoms with Crippen molar-refractivity contribution < 1.29 is 23.7 Å². The summed E-state index contributed by atoms with van der Waals surface area (Å²) >= 11 is 12.7. The smallest absolute Gasteiger partial charge is 0.337 e. The Labute approximate surface area is 258 Å². The first-order valence-electron chi connectivity index (χ1n) is 14.5. The van der Waals surface area contributed by atoms with Crippen LogP contribution in [0.1, 0.15) is 46.7 Å². The Kier molecular flexibility index (Phi) is 6.38. The molecule has 3 fully saturated rings. The molecule has 5 atom stereocenters. The zero-order chi connectivity index (χ0) is 29.5. The first kappa shape index (κ1) is 27.2. The second-order valence-corrected chi connectivity index (χ2v) is 12.8. The molecular formula is C32H30Cl2N4O5. The van der Waals surface area contributed by atoms with Crippen LogP contribution in [0.15, 0.2) is 48.7 Å². The minimum atomic E-state index is -1.00. The molecule has 8 rings (SSSR count). The number of rotatable bonds is 7. The van der Waals surface area contributed by atoms with E-state index in [2.05, 4.69) is 20.5 Å². The zero-order valence-corrected chi connectivity index (χ0v) is 25.3. The lowest BCUT2D eigenvalue weighted by Gasteiger charge is -2.28. The van der Waals surface area contributed by atoms with Gasteiger partial charge in [0.15, 0.2) is 11.5 Å². The van der Waals surface area contributed by atoms with E-state index in [1.54, 1.807) is 18.3 Å². The number of aromatic nitrogens is 3. The highest BCUT2D eigenvalue weighted by atomic mass is 35.5. The highest BCUT2D eigenvalue weighted by Gasteiger charge is 2.58. The Hall–Kier alpha value is -3.37. The molecule has 11 heteroatoms. The van der Waals surface area contributed by atoms with Crippen molar-refractivity contribution in [3.05, 3.63) is 81.4 Å². The Morgan fingerprint density at radius 1 is 1.14 bits per heavy atom. The molecule has 0 N–H and O–H groups in total. The summed E-state index contributed by atoms with van der Waals surface area (Å²) in [4.78, 5) is 24.2. The number of ether oxygens (including phenoxy) is 4. The predicted octanol–water partition coefficient (Wildman–Crippen LogP) is 5.80. The number of pyridine rings is 1. The lowest BCUT2D eigenvalue weighted by Crippen LogP contribution is -2.33. The first-order chi connectivity index (χ1) is 20.8. The number of carbonyl (C=O) groups is 1. The molecule has 1 saturated carbocycles. The average molecular weight is 622 g/mol. The summed E-state index contributed by atoms with van der Waals surface area (Å²) in [6.07, 6.45) is 2.74. The molecule has 2 saturated heterocycles. The van der Waals surface area contributed by atoms with Gasteiger partial charge in [0, 0.05) is 38.4 Å². The molecule has 222 valence electrons. The molecule has 2 aromatic carbocycles. The van der Waals surface area contributed by atoms with E-state index < -0.39 is 11.8 Å². The fourth-order valence-corrected chi connectivity index (χ4v) is 7.35. The van der Waals surface area contributed by atoms with Crippen LogP contribution in [0.4, 0.5) is 0 Å². The largest absolute Gasteiger partial charge is 0.465 e. The van der Waals surface area contributed by atoms with Crippen molar-refractivity contribution in [3.63, 3.8) is 0 Å². The molecule has 0 bridgehead atoms. The van der Waals surface area contributed by atoms with Crippen molar-refractivity contribution >= 4 is 40.2 Å². The number of halogens is 2. The van der Waals surface area contributed by atoms with Gasteiger partial charge in [-0.05, 0) is 54.5 Å². The fourth-order valence-electron chi connectivity index (χ4n) is 6.99. The van der Waals surface area contributed by atoms with Gasteiger partial charge in [-0.25, -0.2) is 9.78 Å². The Balaban J connectivity index is 1.01. The van der Waals surface area contributed by atoms with Crippen LogP contribution in [-0.4, -0.2) is 58.3 Å². The topological polar surface area (TPSA) is 87.9 Å². The van der Waals surface area contributed by atoms with E-state index in [9.17, 15) is 4.79 Å². The molecule has 4 aliphatic rings. The van der Waals surface area contributed by atoms with Crippen LogP contribution in [-0.2, 0) is 28.4 Å². The van der Waals surface area contributed by atoms with Gasteiger partial charge in [-0.1, -0.05) is 35.3 Å². The van der Waals surface area contributed by atoms with Crippen molar-refractivity contribution in [2.75, 3.05) is 26.8 Å². The molecule has 0 spiro atoms. The number of piperidine rings is 1. The van der Waals surface area contributed by atoms with Crippen LogP contribution in [0.25, 0.3) is 11.0 Å². The average Bonchev–Trinajstić information content (AvgIpc) is 3.26. The number of para-hydroxylation sites is 1. The third-order valence-corrected chi connectivity index (χ3v) is 9.80. The molecule has 4 aromatic rings. The monoisotopic (exact) mass is 620 g/mol. The molecular weight excluding hydrogens is 591 g/mol. The van der Waals surface area contributed by atoms with Crippen LogP contribution in [0.2, 0.25) is 10.0 Å². The normalized spacial score (nSPS) is 27.3. The lowest BCUT2D eigenvalue weighted by molar-refractivity contribution is -0.0721. The highest BCUT2D eigenvalue weighted by molar-refractivity contribution is 6.35. The van der Waals surface area contributed by atoms with Crippen molar-refractivity contribution in [1.29, 1.82) is 0 Å². The van der Waals surface area contributed by atoms with E-state index in [0.29, 0.717) is 57.7 Å². The minimum Gasteiger partial charge on any atom is -0.465 e. The van der Waals surface area contributed by atoms with Crippen LogP contribution in [0.5, 0.6) is 11.5 Å². The summed E-state index contributed by atoms with van der Waals surface area (Å²) in [5.74, 6) is 2.52. The number of nitrogens with zero attached hydrogens (tertiary/aromatic N) is 4. The Morgan fingerprint density at radius 3 is 2.65 bits per heavy atom. The second-order valence-electron chi connectivity index (χ2n) is 12.0. The molecule has 1 unspecified atom stereocenters. The summed E-state index contributed by atoms with van der Waals surface area (Å²) in [5.41, 5.74) is 3.81. The summed E-state index contributed by atoms with van der Waals surface area (Å²) < 4.78 is 25.6. The Bertz CT molecular complexity index is 1740. The second kappa shape index (κ2) is 10.1. The molecule has 3 aliphatic heterocycles. The number of hydrogen-bond donors (Lipinski definition) is 0.